The van der Waals surface area contributed by atoms with Gasteiger partial charge in [0.25, 0.3) is 10.0 Å². The van der Waals surface area contributed by atoms with Crippen LogP contribution in [0.15, 0.2) is 40.3 Å². The van der Waals surface area contributed by atoms with Crippen LogP contribution in [0.1, 0.15) is 37.5 Å². The molecule has 0 saturated heterocycles. The van der Waals surface area contributed by atoms with Crippen molar-refractivity contribution in [2.24, 2.45) is 5.10 Å². The number of rotatable bonds is 4. The third-order valence-electron chi connectivity index (χ3n) is 3.77. The molecule has 0 aliphatic rings. The summed E-state index contributed by atoms with van der Waals surface area (Å²) in [4.78, 5) is 2.36. The SMILES string of the molecule is Cc1ccc(C(C)(C)C)cc1S(=O)(=O)N/N=C/c1cc(Cl)c(O)c(Cl)c1. The summed E-state index contributed by atoms with van der Waals surface area (Å²) in [5.74, 6) is -0.235. The summed E-state index contributed by atoms with van der Waals surface area (Å²) in [5.41, 5.74) is 1.79. The summed E-state index contributed by atoms with van der Waals surface area (Å²) in [7, 11) is -3.84. The summed E-state index contributed by atoms with van der Waals surface area (Å²) in [6.45, 7) is 7.76. The molecule has 0 bridgehead atoms. The fourth-order valence-corrected chi connectivity index (χ4v) is 3.80. The maximum absolute atomic E-state index is 12.6. The number of phenols is 1. The van der Waals surface area contributed by atoms with E-state index in [-0.39, 0.29) is 26.1 Å². The van der Waals surface area contributed by atoms with Crippen LogP contribution in [0, 0.1) is 6.92 Å². The molecule has 8 heteroatoms. The first-order valence-electron chi connectivity index (χ1n) is 7.76. The summed E-state index contributed by atoms with van der Waals surface area (Å²) in [6.07, 6.45) is 1.26. The molecule has 2 aromatic carbocycles. The Labute approximate surface area is 163 Å². The van der Waals surface area contributed by atoms with Crippen LogP contribution in [-0.4, -0.2) is 19.7 Å². The number of aromatic hydroxyl groups is 1. The van der Waals surface area contributed by atoms with E-state index in [9.17, 15) is 13.5 Å². The lowest BCUT2D eigenvalue weighted by atomic mass is 9.87. The van der Waals surface area contributed by atoms with Gasteiger partial charge in [-0.2, -0.15) is 13.5 Å². The van der Waals surface area contributed by atoms with Gasteiger partial charge in [-0.15, -0.1) is 0 Å². The maximum atomic E-state index is 12.6. The quantitative estimate of drug-likeness (QED) is 0.565. The predicted molar refractivity (Wildman–Crippen MR) is 106 cm³/mol. The van der Waals surface area contributed by atoms with Gasteiger partial charge >= 0.3 is 0 Å². The standard InChI is InChI=1S/C18H20Cl2N2O3S/c1-11-5-6-13(18(2,3)4)9-16(11)26(24,25)22-21-10-12-7-14(19)17(23)15(20)8-12/h5-10,22-23H,1-4H3/b21-10+. The van der Waals surface area contributed by atoms with Crippen molar-refractivity contribution in [2.75, 3.05) is 0 Å². The van der Waals surface area contributed by atoms with Crippen molar-refractivity contribution < 1.29 is 13.5 Å². The smallest absolute Gasteiger partial charge is 0.276 e. The van der Waals surface area contributed by atoms with Gasteiger partial charge in [0, 0.05) is 0 Å². The minimum absolute atomic E-state index is 0.0514. The second kappa shape index (κ2) is 7.47. The minimum Gasteiger partial charge on any atom is -0.505 e. The molecule has 0 spiro atoms. The number of benzene rings is 2. The number of nitrogens with zero attached hydrogens (tertiary/aromatic N) is 1. The Bertz CT molecular complexity index is 942. The highest BCUT2D eigenvalue weighted by Crippen LogP contribution is 2.32. The van der Waals surface area contributed by atoms with Crippen molar-refractivity contribution in [3.8, 4) is 5.75 Å². The third-order valence-corrected chi connectivity index (χ3v) is 5.71. The highest BCUT2D eigenvalue weighted by molar-refractivity contribution is 7.89. The topological polar surface area (TPSA) is 78.8 Å². The Hall–Kier alpha value is -1.76. The fraction of sp³-hybridized carbons (Fsp3) is 0.278. The molecule has 0 amide bonds. The van der Waals surface area contributed by atoms with Crippen LogP contribution in [0.5, 0.6) is 5.75 Å². The molecule has 0 aliphatic carbocycles. The lowest BCUT2D eigenvalue weighted by Crippen LogP contribution is -2.21. The highest BCUT2D eigenvalue weighted by Gasteiger charge is 2.21. The van der Waals surface area contributed by atoms with E-state index in [1.807, 2.05) is 26.8 Å². The molecule has 0 aliphatic heterocycles. The number of sulfonamides is 1. The highest BCUT2D eigenvalue weighted by atomic mass is 35.5. The van der Waals surface area contributed by atoms with E-state index < -0.39 is 10.0 Å². The molecule has 26 heavy (non-hydrogen) atoms. The zero-order chi connectivity index (χ0) is 19.7. The van der Waals surface area contributed by atoms with E-state index in [2.05, 4.69) is 9.93 Å². The van der Waals surface area contributed by atoms with Crippen LogP contribution in [0.3, 0.4) is 0 Å². The molecule has 0 fully saturated rings. The van der Waals surface area contributed by atoms with Crippen LogP contribution in [-0.2, 0) is 15.4 Å². The van der Waals surface area contributed by atoms with Crippen molar-refractivity contribution >= 4 is 39.4 Å². The molecule has 0 saturated carbocycles. The van der Waals surface area contributed by atoms with Gasteiger partial charge in [-0.1, -0.05) is 56.1 Å². The number of nitrogens with one attached hydrogen (secondary N) is 1. The molecule has 5 nitrogen and oxygen atoms in total. The average molecular weight is 415 g/mol. The number of hydrogen-bond acceptors (Lipinski definition) is 4. The van der Waals surface area contributed by atoms with Gasteiger partial charge in [0.2, 0.25) is 0 Å². The first kappa shape index (κ1) is 20.6. The zero-order valence-electron chi connectivity index (χ0n) is 14.8. The van der Waals surface area contributed by atoms with Gasteiger partial charge < -0.3 is 5.11 Å². The number of hydrogen-bond donors (Lipinski definition) is 2. The Balaban J connectivity index is 2.30. The largest absolute Gasteiger partial charge is 0.505 e. The summed E-state index contributed by atoms with van der Waals surface area (Å²) in [5, 5.41) is 13.4. The van der Waals surface area contributed by atoms with Gasteiger partial charge in [0.1, 0.15) is 0 Å². The molecule has 2 N–H and O–H groups in total. The Kier molecular flexibility index (Phi) is 5.90. The predicted octanol–water partition coefficient (Wildman–Crippen LogP) is 4.62. The molecule has 0 radical (unpaired) electrons. The second-order valence-corrected chi connectivity index (χ2v) is 9.36. The Morgan fingerprint density at radius 3 is 2.23 bits per heavy atom. The number of phenolic OH excluding ortho intramolecular Hbond substituents is 1. The monoisotopic (exact) mass is 414 g/mol. The van der Waals surface area contributed by atoms with E-state index in [0.717, 1.165) is 5.56 Å². The van der Waals surface area contributed by atoms with Gasteiger partial charge in [-0.05, 0) is 47.2 Å². The summed E-state index contributed by atoms with van der Waals surface area (Å²) in [6, 6.07) is 8.19. The van der Waals surface area contributed by atoms with E-state index in [0.29, 0.717) is 11.1 Å². The minimum atomic E-state index is -3.84. The van der Waals surface area contributed by atoms with Crippen LogP contribution < -0.4 is 4.83 Å². The maximum Gasteiger partial charge on any atom is 0.276 e. The van der Waals surface area contributed by atoms with Gasteiger partial charge in [0.05, 0.1) is 21.2 Å². The lowest BCUT2D eigenvalue weighted by molar-refractivity contribution is 0.476. The number of halogens is 2. The van der Waals surface area contributed by atoms with Gasteiger partial charge in [-0.3, -0.25) is 0 Å². The van der Waals surface area contributed by atoms with Gasteiger partial charge in [0.15, 0.2) is 5.75 Å². The number of hydrazone groups is 1. The average Bonchev–Trinajstić information content (AvgIpc) is 2.51. The molecule has 140 valence electrons. The lowest BCUT2D eigenvalue weighted by Gasteiger charge is -2.20. The van der Waals surface area contributed by atoms with Crippen LogP contribution in [0.25, 0.3) is 0 Å². The molecular weight excluding hydrogens is 395 g/mol. The van der Waals surface area contributed by atoms with Crippen molar-refractivity contribution in [1.29, 1.82) is 0 Å². The summed E-state index contributed by atoms with van der Waals surface area (Å²) >= 11 is 11.7. The van der Waals surface area contributed by atoms with E-state index in [4.69, 9.17) is 23.2 Å². The van der Waals surface area contributed by atoms with Crippen molar-refractivity contribution in [3.63, 3.8) is 0 Å². The third kappa shape index (κ3) is 4.69. The molecule has 2 aromatic rings. The fourth-order valence-electron chi connectivity index (χ4n) is 2.24. The van der Waals surface area contributed by atoms with Crippen LogP contribution >= 0.6 is 23.2 Å². The summed E-state index contributed by atoms with van der Waals surface area (Å²) < 4.78 is 25.2. The first-order chi connectivity index (χ1) is 11.9. The van der Waals surface area contributed by atoms with Crippen molar-refractivity contribution in [2.45, 2.75) is 38.0 Å². The normalized spacial score (nSPS) is 12.5. The molecule has 0 unspecified atom stereocenters. The van der Waals surface area contributed by atoms with Crippen LogP contribution in [0.4, 0.5) is 0 Å². The van der Waals surface area contributed by atoms with E-state index in [1.165, 1.54) is 18.3 Å². The molecular formula is C18H20Cl2N2O3S. The Morgan fingerprint density at radius 1 is 1.12 bits per heavy atom. The van der Waals surface area contributed by atoms with Crippen molar-refractivity contribution in [3.05, 3.63) is 57.1 Å². The Morgan fingerprint density at radius 2 is 1.69 bits per heavy atom. The molecule has 0 aromatic heterocycles. The molecule has 0 heterocycles. The van der Waals surface area contributed by atoms with Crippen molar-refractivity contribution in [1.82, 2.24) is 4.83 Å². The van der Waals surface area contributed by atoms with E-state index >= 15 is 0 Å². The second-order valence-electron chi connectivity index (χ2n) is 6.92. The van der Waals surface area contributed by atoms with E-state index in [1.54, 1.807) is 19.1 Å². The molecule has 2 rings (SSSR count). The van der Waals surface area contributed by atoms with Gasteiger partial charge in [-0.25, -0.2) is 4.83 Å². The number of aryl methyl sites for hydroxylation is 1. The van der Waals surface area contributed by atoms with Crippen LogP contribution in [0.2, 0.25) is 10.0 Å². The first-order valence-corrected chi connectivity index (χ1v) is 10.00. The zero-order valence-corrected chi connectivity index (χ0v) is 17.2. The molecule has 0 atom stereocenters.